The molecule has 0 amide bonds. The van der Waals surface area contributed by atoms with Crippen LogP contribution in [0.3, 0.4) is 0 Å². The second-order valence-electron chi connectivity index (χ2n) is 15.3. The normalized spacial score (nSPS) is 13.2. The van der Waals surface area contributed by atoms with Gasteiger partial charge in [0.15, 0.2) is 28.8 Å². The monoisotopic (exact) mass is 732 g/mol. The Labute approximate surface area is 331 Å². The Balaban J connectivity index is 0.947. The standard InChI is InChI=1S/C53H36N2O2/c1-53(2)43-20-12-11-19-42(43)50-44(53)28-30-48-51(50)57-47-29-25-37(31-49(47)56-48)33-21-23-36(24-22-33)46-32-45(35-15-7-4-8-16-35)54-52(55-46)41-27-26-38(34-13-5-3-6-14-34)39-17-9-10-18-40(39)41/h3-32H,1-2H3. The van der Waals surface area contributed by atoms with Gasteiger partial charge in [-0.3, -0.25) is 0 Å². The summed E-state index contributed by atoms with van der Waals surface area (Å²) in [4.78, 5) is 10.4. The number of aromatic nitrogens is 2. The Hall–Kier alpha value is -7.30. The Morgan fingerprint density at radius 1 is 0.386 bits per heavy atom. The number of hydrogen-bond acceptors (Lipinski definition) is 4. The summed E-state index contributed by atoms with van der Waals surface area (Å²) in [5.41, 5.74) is 14.0. The van der Waals surface area contributed by atoms with E-state index in [1.807, 2.05) is 30.3 Å². The Morgan fingerprint density at radius 2 is 0.965 bits per heavy atom. The molecule has 270 valence electrons. The first-order valence-electron chi connectivity index (χ1n) is 19.4. The van der Waals surface area contributed by atoms with E-state index < -0.39 is 0 Å². The van der Waals surface area contributed by atoms with Gasteiger partial charge in [-0.15, -0.1) is 0 Å². The van der Waals surface area contributed by atoms with Gasteiger partial charge in [0.1, 0.15) is 0 Å². The van der Waals surface area contributed by atoms with Gasteiger partial charge >= 0.3 is 0 Å². The van der Waals surface area contributed by atoms with E-state index in [0.29, 0.717) is 17.3 Å². The van der Waals surface area contributed by atoms with Crippen LogP contribution in [-0.4, -0.2) is 9.97 Å². The smallest absolute Gasteiger partial charge is 0.178 e. The molecule has 0 radical (unpaired) electrons. The molecule has 57 heavy (non-hydrogen) atoms. The van der Waals surface area contributed by atoms with Crippen molar-refractivity contribution in [1.29, 1.82) is 0 Å². The van der Waals surface area contributed by atoms with Crippen LogP contribution in [0.25, 0.3) is 78.1 Å². The van der Waals surface area contributed by atoms with Gasteiger partial charge in [0.2, 0.25) is 0 Å². The highest BCUT2D eigenvalue weighted by atomic mass is 16.6. The third-order valence-corrected chi connectivity index (χ3v) is 11.6. The number of fused-ring (bicyclic) bond motifs is 7. The summed E-state index contributed by atoms with van der Waals surface area (Å²) in [6.07, 6.45) is 0. The summed E-state index contributed by atoms with van der Waals surface area (Å²) in [6, 6.07) is 63.4. The fraction of sp³-hybridized carbons (Fsp3) is 0.0566. The molecule has 0 saturated heterocycles. The quantitative estimate of drug-likeness (QED) is 0.177. The molecule has 0 saturated carbocycles. The molecule has 0 N–H and O–H groups in total. The molecular weight excluding hydrogens is 697 g/mol. The maximum atomic E-state index is 6.65. The molecule has 4 nitrogen and oxygen atoms in total. The second kappa shape index (κ2) is 12.9. The SMILES string of the molecule is CC1(C)c2ccccc2-c2c1ccc1c2Oc2ccc(-c3ccc(-c4cc(-c5ccccc5)nc(-c5ccc(-c6ccccc6)c6ccccc56)n4)cc3)cc2O1. The van der Waals surface area contributed by atoms with E-state index in [1.54, 1.807) is 0 Å². The maximum absolute atomic E-state index is 6.65. The van der Waals surface area contributed by atoms with E-state index in [9.17, 15) is 0 Å². The summed E-state index contributed by atoms with van der Waals surface area (Å²) in [5.74, 6) is 3.63. The Morgan fingerprint density at radius 3 is 1.72 bits per heavy atom. The minimum atomic E-state index is -0.112. The average Bonchev–Trinajstić information content (AvgIpc) is 3.51. The van der Waals surface area contributed by atoms with Crippen LogP contribution in [0.2, 0.25) is 0 Å². The topological polar surface area (TPSA) is 44.2 Å². The zero-order valence-corrected chi connectivity index (χ0v) is 31.5. The predicted molar refractivity (Wildman–Crippen MR) is 231 cm³/mol. The lowest BCUT2D eigenvalue weighted by molar-refractivity contribution is 0.360. The highest BCUT2D eigenvalue weighted by molar-refractivity contribution is 6.04. The molecule has 0 fully saturated rings. The molecular formula is C53H36N2O2. The molecule has 0 atom stereocenters. The minimum Gasteiger partial charge on any atom is -0.449 e. The molecule has 11 rings (SSSR count). The molecule has 1 aliphatic heterocycles. The summed E-state index contributed by atoms with van der Waals surface area (Å²) in [7, 11) is 0. The van der Waals surface area contributed by atoms with Crippen molar-refractivity contribution in [2.45, 2.75) is 19.3 Å². The van der Waals surface area contributed by atoms with Crippen molar-refractivity contribution in [3.8, 4) is 90.3 Å². The largest absolute Gasteiger partial charge is 0.449 e. The predicted octanol–water partition coefficient (Wildman–Crippen LogP) is 14.2. The number of hydrogen-bond donors (Lipinski definition) is 0. The highest BCUT2D eigenvalue weighted by Gasteiger charge is 2.39. The zero-order valence-electron chi connectivity index (χ0n) is 31.5. The van der Waals surface area contributed by atoms with Crippen LogP contribution in [-0.2, 0) is 5.41 Å². The minimum absolute atomic E-state index is 0.112. The maximum Gasteiger partial charge on any atom is 0.178 e. The zero-order chi connectivity index (χ0) is 38.1. The first kappa shape index (κ1) is 33.1. The molecule has 2 heterocycles. The number of rotatable bonds is 5. The van der Waals surface area contributed by atoms with Crippen LogP contribution in [0, 0.1) is 0 Å². The van der Waals surface area contributed by atoms with Crippen molar-refractivity contribution in [3.05, 3.63) is 193 Å². The van der Waals surface area contributed by atoms with Crippen LogP contribution < -0.4 is 9.47 Å². The van der Waals surface area contributed by atoms with Crippen molar-refractivity contribution in [2.75, 3.05) is 0 Å². The molecule has 8 aromatic carbocycles. The van der Waals surface area contributed by atoms with Gasteiger partial charge in [0.05, 0.1) is 11.4 Å². The molecule has 0 unspecified atom stereocenters. The van der Waals surface area contributed by atoms with E-state index >= 15 is 0 Å². The van der Waals surface area contributed by atoms with Gasteiger partial charge in [-0.2, -0.15) is 0 Å². The average molecular weight is 733 g/mol. The fourth-order valence-corrected chi connectivity index (χ4v) is 8.67. The molecule has 1 aliphatic carbocycles. The second-order valence-corrected chi connectivity index (χ2v) is 15.3. The van der Waals surface area contributed by atoms with Crippen LogP contribution in [0.1, 0.15) is 25.0 Å². The lowest BCUT2D eigenvalue weighted by atomic mass is 9.82. The third-order valence-electron chi connectivity index (χ3n) is 11.6. The fourth-order valence-electron chi connectivity index (χ4n) is 8.67. The Bertz CT molecular complexity index is 3030. The molecule has 2 aliphatic rings. The van der Waals surface area contributed by atoms with Crippen molar-refractivity contribution in [3.63, 3.8) is 0 Å². The molecule has 0 bridgehead atoms. The van der Waals surface area contributed by atoms with Crippen molar-refractivity contribution in [1.82, 2.24) is 9.97 Å². The summed E-state index contributed by atoms with van der Waals surface area (Å²) >= 11 is 0. The highest BCUT2D eigenvalue weighted by Crippen LogP contribution is 2.58. The van der Waals surface area contributed by atoms with Crippen LogP contribution >= 0.6 is 0 Å². The van der Waals surface area contributed by atoms with Gasteiger partial charge in [-0.1, -0.05) is 166 Å². The molecule has 4 heteroatoms. The van der Waals surface area contributed by atoms with E-state index in [0.717, 1.165) is 61.7 Å². The van der Waals surface area contributed by atoms with E-state index in [1.165, 1.54) is 33.2 Å². The van der Waals surface area contributed by atoms with E-state index in [2.05, 4.69) is 166 Å². The molecule has 9 aromatic rings. The number of benzene rings is 8. The molecule has 0 spiro atoms. The van der Waals surface area contributed by atoms with Gasteiger partial charge in [-0.25, -0.2) is 9.97 Å². The van der Waals surface area contributed by atoms with Gasteiger partial charge in [-0.05, 0) is 80.0 Å². The van der Waals surface area contributed by atoms with Crippen LogP contribution in [0.15, 0.2) is 182 Å². The van der Waals surface area contributed by atoms with Gasteiger partial charge < -0.3 is 9.47 Å². The third kappa shape index (κ3) is 5.44. The van der Waals surface area contributed by atoms with Crippen LogP contribution in [0.5, 0.6) is 23.0 Å². The summed E-state index contributed by atoms with van der Waals surface area (Å²) < 4.78 is 13.2. The summed E-state index contributed by atoms with van der Waals surface area (Å²) in [5, 5.41) is 2.28. The van der Waals surface area contributed by atoms with Gasteiger partial charge in [0.25, 0.3) is 0 Å². The lowest BCUT2D eigenvalue weighted by Gasteiger charge is -2.25. The van der Waals surface area contributed by atoms with E-state index in [4.69, 9.17) is 19.4 Å². The summed E-state index contributed by atoms with van der Waals surface area (Å²) in [6.45, 7) is 4.55. The molecule has 1 aromatic heterocycles. The van der Waals surface area contributed by atoms with Crippen molar-refractivity contribution in [2.24, 2.45) is 0 Å². The number of ether oxygens (including phenoxy) is 2. The first-order valence-corrected chi connectivity index (χ1v) is 19.4. The van der Waals surface area contributed by atoms with Gasteiger partial charge in [0, 0.05) is 27.7 Å². The first-order chi connectivity index (χ1) is 28.0. The Kier molecular flexibility index (Phi) is 7.48. The lowest BCUT2D eigenvalue weighted by Crippen LogP contribution is -2.15. The van der Waals surface area contributed by atoms with E-state index in [-0.39, 0.29) is 5.41 Å². The number of nitrogens with zero attached hydrogens (tertiary/aromatic N) is 2. The van der Waals surface area contributed by atoms with Crippen LogP contribution in [0.4, 0.5) is 0 Å². The van der Waals surface area contributed by atoms with Crippen molar-refractivity contribution >= 4 is 10.8 Å². The van der Waals surface area contributed by atoms with Crippen molar-refractivity contribution < 1.29 is 9.47 Å².